The summed E-state index contributed by atoms with van der Waals surface area (Å²) in [5.41, 5.74) is 0.959. The van der Waals surface area contributed by atoms with Gasteiger partial charge in [-0.25, -0.2) is 0 Å². The summed E-state index contributed by atoms with van der Waals surface area (Å²) in [4.78, 5) is 25.1. The van der Waals surface area contributed by atoms with Crippen LogP contribution < -0.4 is 0 Å². The molecule has 0 radical (unpaired) electrons. The number of likely N-dealkylation sites (tertiary alicyclic amines) is 1. The van der Waals surface area contributed by atoms with Gasteiger partial charge in [0.1, 0.15) is 5.75 Å². The molecule has 0 saturated carbocycles. The first-order valence-corrected chi connectivity index (χ1v) is 6.04. The molecule has 1 aliphatic rings. The summed E-state index contributed by atoms with van der Waals surface area (Å²) in [5, 5.41) is 9.26. The average Bonchev–Trinajstić information content (AvgIpc) is 2.54. The van der Waals surface area contributed by atoms with Gasteiger partial charge in [-0.1, -0.05) is 26.0 Å². The molecule has 1 saturated heterocycles. The van der Waals surface area contributed by atoms with Crippen LogP contribution in [0.5, 0.6) is 5.75 Å². The summed E-state index contributed by atoms with van der Waals surface area (Å²) in [5.74, 6) is -0.672. The third-order valence-electron chi connectivity index (χ3n) is 3.83. The van der Waals surface area contributed by atoms with Crippen molar-refractivity contribution in [3.05, 3.63) is 29.8 Å². The number of amides is 2. The van der Waals surface area contributed by atoms with Crippen molar-refractivity contribution in [3.8, 4) is 5.75 Å². The van der Waals surface area contributed by atoms with E-state index in [0.29, 0.717) is 0 Å². The minimum absolute atomic E-state index is 0.0398. The van der Waals surface area contributed by atoms with E-state index in [9.17, 15) is 14.7 Å². The minimum atomic E-state index is -0.313. The molecule has 2 amide bonds. The van der Waals surface area contributed by atoms with Gasteiger partial charge in [0.2, 0.25) is 11.8 Å². The summed E-state index contributed by atoms with van der Waals surface area (Å²) in [6.07, 6.45) is 0. The second-order valence-electron chi connectivity index (χ2n) is 4.93. The molecule has 1 heterocycles. The number of hydrogen-bond donors (Lipinski definition) is 1. The fraction of sp³-hybridized carbons (Fsp3) is 0.429. The Bertz CT molecular complexity index is 480. The first kappa shape index (κ1) is 12.6. The Balaban J connectivity index is 2.29. The van der Waals surface area contributed by atoms with Gasteiger partial charge in [0.05, 0.1) is 5.92 Å². The quantitative estimate of drug-likeness (QED) is 0.810. The molecule has 1 fully saturated rings. The number of phenolic OH excluding ortho intramolecular Hbond substituents is 1. The summed E-state index contributed by atoms with van der Waals surface area (Å²) >= 11 is 0. The monoisotopic (exact) mass is 247 g/mol. The van der Waals surface area contributed by atoms with E-state index in [1.54, 1.807) is 31.2 Å². The van der Waals surface area contributed by atoms with E-state index in [-0.39, 0.29) is 35.3 Å². The molecule has 1 aromatic rings. The van der Waals surface area contributed by atoms with Gasteiger partial charge >= 0.3 is 0 Å². The molecule has 3 atom stereocenters. The zero-order valence-corrected chi connectivity index (χ0v) is 10.8. The molecule has 4 heteroatoms. The third kappa shape index (κ3) is 1.88. The van der Waals surface area contributed by atoms with Crippen LogP contribution in [0.15, 0.2) is 24.3 Å². The summed E-state index contributed by atoms with van der Waals surface area (Å²) in [6, 6.07) is 6.79. The Morgan fingerprint density at radius 1 is 1.17 bits per heavy atom. The largest absolute Gasteiger partial charge is 0.508 e. The van der Waals surface area contributed by atoms with E-state index < -0.39 is 0 Å². The number of rotatable bonds is 2. The fourth-order valence-corrected chi connectivity index (χ4v) is 2.64. The second-order valence-corrected chi connectivity index (χ2v) is 4.93. The number of benzene rings is 1. The van der Waals surface area contributed by atoms with Crippen LogP contribution in [-0.2, 0) is 9.59 Å². The Morgan fingerprint density at radius 3 is 2.17 bits per heavy atom. The fourth-order valence-electron chi connectivity index (χ4n) is 2.64. The highest BCUT2D eigenvalue weighted by Gasteiger charge is 2.45. The molecule has 0 aromatic heterocycles. The van der Waals surface area contributed by atoms with Crippen molar-refractivity contribution < 1.29 is 14.7 Å². The van der Waals surface area contributed by atoms with Crippen molar-refractivity contribution in [1.82, 2.24) is 4.90 Å². The van der Waals surface area contributed by atoms with Gasteiger partial charge in [0.15, 0.2) is 0 Å². The van der Waals surface area contributed by atoms with E-state index >= 15 is 0 Å². The van der Waals surface area contributed by atoms with Crippen LogP contribution in [0, 0.1) is 11.8 Å². The molecule has 1 aromatic carbocycles. The number of imide groups is 1. The summed E-state index contributed by atoms with van der Waals surface area (Å²) in [7, 11) is 1.53. The lowest BCUT2D eigenvalue weighted by Crippen LogP contribution is -2.27. The van der Waals surface area contributed by atoms with Crippen LogP contribution in [-0.4, -0.2) is 28.9 Å². The van der Waals surface area contributed by atoms with Gasteiger partial charge in [0.25, 0.3) is 0 Å². The number of aromatic hydroxyl groups is 1. The summed E-state index contributed by atoms with van der Waals surface area (Å²) in [6.45, 7) is 3.74. The van der Waals surface area contributed by atoms with Crippen LogP contribution in [0.25, 0.3) is 0 Å². The zero-order chi connectivity index (χ0) is 13.4. The smallest absolute Gasteiger partial charge is 0.233 e. The number of hydrogen-bond acceptors (Lipinski definition) is 3. The number of carbonyl (C=O) groups excluding carboxylic acids is 2. The van der Waals surface area contributed by atoms with Gasteiger partial charge in [0, 0.05) is 13.0 Å². The van der Waals surface area contributed by atoms with Crippen molar-refractivity contribution in [2.75, 3.05) is 7.05 Å². The second kappa shape index (κ2) is 4.44. The van der Waals surface area contributed by atoms with E-state index in [2.05, 4.69) is 0 Å². The molecule has 0 spiro atoms. The Kier molecular flexibility index (Phi) is 3.11. The third-order valence-corrected chi connectivity index (χ3v) is 3.83. The van der Waals surface area contributed by atoms with Gasteiger partial charge in [-0.15, -0.1) is 0 Å². The lowest BCUT2D eigenvalue weighted by Gasteiger charge is -2.20. The molecule has 0 aliphatic carbocycles. The van der Waals surface area contributed by atoms with Crippen molar-refractivity contribution in [2.45, 2.75) is 19.8 Å². The number of phenols is 1. The maximum Gasteiger partial charge on any atom is 0.233 e. The van der Waals surface area contributed by atoms with Gasteiger partial charge in [-0.2, -0.15) is 0 Å². The van der Waals surface area contributed by atoms with Crippen molar-refractivity contribution in [1.29, 1.82) is 0 Å². The highest BCUT2D eigenvalue weighted by molar-refractivity contribution is 6.05. The van der Waals surface area contributed by atoms with Crippen molar-refractivity contribution in [2.24, 2.45) is 11.8 Å². The molecule has 0 bridgehead atoms. The number of carbonyl (C=O) groups is 2. The van der Waals surface area contributed by atoms with Crippen LogP contribution in [0.3, 0.4) is 0 Å². The molecular formula is C14H17NO3. The van der Waals surface area contributed by atoms with Gasteiger partial charge in [-0.3, -0.25) is 14.5 Å². The number of nitrogens with zero attached hydrogens (tertiary/aromatic N) is 1. The standard InChI is InChI=1S/C14H17NO3/c1-8(10-4-6-11(16)7-5-10)12-9(2)13(17)15(3)14(12)18/h4-9,12,16H,1-3H3. The molecule has 96 valence electrons. The molecule has 4 nitrogen and oxygen atoms in total. The molecule has 2 rings (SSSR count). The first-order chi connectivity index (χ1) is 8.43. The zero-order valence-electron chi connectivity index (χ0n) is 10.8. The predicted octanol–water partition coefficient (Wildman–Crippen LogP) is 1.75. The van der Waals surface area contributed by atoms with E-state index in [1.165, 1.54) is 11.9 Å². The van der Waals surface area contributed by atoms with Gasteiger partial charge < -0.3 is 5.11 Å². The SMILES string of the molecule is CC1C(=O)N(C)C(=O)C1C(C)c1ccc(O)cc1. The first-order valence-electron chi connectivity index (χ1n) is 6.04. The minimum Gasteiger partial charge on any atom is -0.508 e. The maximum atomic E-state index is 12.1. The molecular weight excluding hydrogens is 230 g/mol. The highest BCUT2D eigenvalue weighted by Crippen LogP contribution is 2.36. The Hall–Kier alpha value is -1.84. The van der Waals surface area contributed by atoms with E-state index in [1.807, 2.05) is 6.92 Å². The topological polar surface area (TPSA) is 57.6 Å². The summed E-state index contributed by atoms with van der Waals surface area (Å²) < 4.78 is 0. The lowest BCUT2D eigenvalue weighted by atomic mass is 9.81. The van der Waals surface area contributed by atoms with Crippen LogP contribution in [0.2, 0.25) is 0 Å². The van der Waals surface area contributed by atoms with E-state index in [0.717, 1.165) is 5.56 Å². The highest BCUT2D eigenvalue weighted by atomic mass is 16.3. The van der Waals surface area contributed by atoms with Gasteiger partial charge in [-0.05, 0) is 23.6 Å². The van der Waals surface area contributed by atoms with Crippen LogP contribution in [0.1, 0.15) is 25.3 Å². The van der Waals surface area contributed by atoms with Crippen LogP contribution in [0.4, 0.5) is 0 Å². The lowest BCUT2D eigenvalue weighted by molar-refractivity contribution is -0.138. The maximum absolute atomic E-state index is 12.1. The Morgan fingerprint density at radius 2 is 1.72 bits per heavy atom. The van der Waals surface area contributed by atoms with E-state index in [4.69, 9.17) is 0 Å². The van der Waals surface area contributed by atoms with Crippen molar-refractivity contribution in [3.63, 3.8) is 0 Å². The predicted molar refractivity (Wildman–Crippen MR) is 67.0 cm³/mol. The normalized spacial score (nSPS) is 25.6. The van der Waals surface area contributed by atoms with Crippen molar-refractivity contribution >= 4 is 11.8 Å². The Labute approximate surface area is 106 Å². The molecule has 1 aliphatic heterocycles. The molecule has 18 heavy (non-hydrogen) atoms. The molecule has 3 unspecified atom stereocenters. The van der Waals surface area contributed by atoms with Crippen LogP contribution >= 0.6 is 0 Å². The average molecular weight is 247 g/mol. The molecule has 1 N–H and O–H groups in total.